The number of aliphatic hydroxyl groups is 1. The van der Waals surface area contributed by atoms with E-state index in [1.807, 2.05) is 75.7 Å². The number of aliphatic hydroxyl groups excluding tert-OH is 1. The Morgan fingerprint density at radius 3 is 2.48 bits per heavy atom. The molecule has 15 nitrogen and oxygen atoms in total. The van der Waals surface area contributed by atoms with Crippen LogP contribution < -0.4 is 10.2 Å². The Kier molecular flexibility index (Phi) is 10.9. The summed E-state index contributed by atoms with van der Waals surface area (Å²) in [5.74, 6) is -0.239. The first kappa shape index (κ1) is 41.5. The Balaban J connectivity index is 0.830. The number of anilines is 1. The van der Waals surface area contributed by atoms with Crippen molar-refractivity contribution in [1.82, 2.24) is 45.1 Å². The van der Waals surface area contributed by atoms with Crippen LogP contribution >= 0.6 is 11.3 Å². The highest BCUT2D eigenvalue weighted by Crippen LogP contribution is 2.44. The number of aryl methyl sites for hydroxylation is 1. The number of β-amino-alcohol motifs (C(OH)–C–C–N with tert-alkyl or cyclic N) is 1. The Morgan fingerprint density at radius 2 is 1.73 bits per heavy atom. The van der Waals surface area contributed by atoms with E-state index in [0.29, 0.717) is 40.4 Å². The maximum absolute atomic E-state index is 14.4. The molecule has 1 saturated carbocycles. The van der Waals surface area contributed by atoms with Gasteiger partial charge in [-0.25, -0.2) is 15.0 Å². The van der Waals surface area contributed by atoms with Gasteiger partial charge in [0.25, 0.3) is 0 Å². The summed E-state index contributed by atoms with van der Waals surface area (Å²) < 4.78 is 8.32. The predicted octanol–water partition coefficient (Wildman–Crippen LogP) is 7.59. The standard InChI is InChI=1S/C48H50N10O5S/c1-26(2)44(47(62)57-24-33(59)19-41(57)46(61)51-27(3)29-9-11-30(12-10-29)45-28(4)50-25-64-45)43-22-37(55-63-43)35-15-17-49-48(52-35)56-18-16-31(23-56)39-21-38-40(58(39)32-13-14-32)20-36(53-54-38)34-7-5-6-8-42(34)60/h5-12,15,17,20-22,25-27,31-33,41,44,59-60H,13-14,16,18-19,23-24H2,1-4H3,(H,51,61)/t27-,31-,33+,41-,44-/m0/s1. The molecule has 1 aliphatic carbocycles. The first-order chi connectivity index (χ1) is 31.0. The number of para-hydroxylation sites is 1. The van der Waals surface area contributed by atoms with Crippen molar-refractivity contribution in [3.05, 3.63) is 107 Å². The molecular weight excluding hydrogens is 829 g/mol. The molecular formula is C48H50N10O5S. The summed E-state index contributed by atoms with van der Waals surface area (Å²) in [4.78, 5) is 47.0. The number of phenols is 1. The van der Waals surface area contributed by atoms with Crippen LogP contribution in [0.4, 0.5) is 5.95 Å². The van der Waals surface area contributed by atoms with Gasteiger partial charge in [0.05, 0.1) is 45.1 Å². The Labute approximate surface area is 374 Å². The topological polar surface area (TPSA) is 189 Å². The number of aromatic hydroxyl groups is 1. The average Bonchev–Trinajstić information content (AvgIpc) is 3.81. The molecule has 16 heteroatoms. The number of nitrogens with zero attached hydrogens (tertiary/aromatic N) is 9. The van der Waals surface area contributed by atoms with Gasteiger partial charge in [0, 0.05) is 61.5 Å². The lowest BCUT2D eigenvalue weighted by Gasteiger charge is -2.29. The van der Waals surface area contributed by atoms with Crippen molar-refractivity contribution in [1.29, 1.82) is 0 Å². The maximum Gasteiger partial charge on any atom is 0.243 e. The molecule has 0 radical (unpaired) electrons. The van der Waals surface area contributed by atoms with E-state index >= 15 is 0 Å². The fourth-order valence-electron chi connectivity index (χ4n) is 9.41. The van der Waals surface area contributed by atoms with Crippen LogP contribution in [0.25, 0.3) is 44.1 Å². The van der Waals surface area contributed by atoms with Crippen LogP contribution in [0.5, 0.6) is 5.75 Å². The summed E-state index contributed by atoms with van der Waals surface area (Å²) >= 11 is 1.59. The molecule has 2 aliphatic heterocycles. The number of benzene rings is 2. The van der Waals surface area contributed by atoms with Gasteiger partial charge in [-0.3, -0.25) is 9.59 Å². The van der Waals surface area contributed by atoms with E-state index in [1.165, 1.54) is 10.6 Å². The van der Waals surface area contributed by atoms with Crippen molar-refractivity contribution < 1.29 is 24.3 Å². The number of likely N-dealkylation sites (tertiary alicyclic amines) is 1. The lowest BCUT2D eigenvalue weighted by molar-refractivity contribution is -0.141. The number of nitrogens with one attached hydrogen (secondary N) is 1. The van der Waals surface area contributed by atoms with E-state index in [-0.39, 0.29) is 48.4 Å². The molecule has 7 aromatic rings. The SMILES string of the molecule is Cc1ncsc1-c1ccc([C@H](C)NC(=O)[C@@H]2C[C@@H](O)CN2C(=O)[C@H](c2cc(-c3ccnc(N4CC[C@H](c5cc6nnc(-c7ccccc7O)cc6n5C5CC5)C4)n3)no2)C(C)C)cc1. The molecule has 0 unspecified atom stereocenters. The van der Waals surface area contributed by atoms with E-state index in [4.69, 9.17) is 9.51 Å². The molecule has 7 heterocycles. The number of amides is 2. The number of rotatable bonds is 12. The first-order valence-electron chi connectivity index (χ1n) is 22.0. The van der Waals surface area contributed by atoms with Crippen molar-refractivity contribution >= 4 is 40.1 Å². The summed E-state index contributed by atoms with van der Waals surface area (Å²) in [6, 6.07) is 22.2. The van der Waals surface area contributed by atoms with Gasteiger partial charge < -0.3 is 34.4 Å². The van der Waals surface area contributed by atoms with Gasteiger partial charge in [-0.05, 0) is 80.5 Å². The van der Waals surface area contributed by atoms with Crippen LogP contribution in [0.3, 0.4) is 0 Å². The Hall–Kier alpha value is -6.52. The van der Waals surface area contributed by atoms with Crippen LogP contribution in [-0.4, -0.2) is 93.6 Å². The maximum atomic E-state index is 14.4. The van der Waals surface area contributed by atoms with E-state index < -0.39 is 18.1 Å². The highest BCUT2D eigenvalue weighted by atomic mass is 32.1. The van der Waals surface area contributed by atoms with Gasteiger partial charge in [0.15, 0.2) is 0 Å². The minimum absolute atomic E-state index is 0.0403. The molecule has 3 N–H and O–H groups in total. The van der Waals surface area contributed by atoms with Crippen LogP contribution in [0.2, 0.25) is 0 Å². The van der Waals surface area contributed by atoms with Crippen LogP contribution in [0.15, 0.2) is 89.0 Å². The zero-order chi connectivity index (χ0) is 44.2. The van der Waals surface area contributed by atoms with Gasteiger partial charge in [-0.1, -0.05) is 55.4 Å². The smallest absolute Gasteiger partial charge is 0.243 e. The van der Waals surface area contributed by atoms with Crippen molar-refractivity contribution in [2.75, 3.05) is 24.5 Å². The predicted molar refractivity (Wildman–Crippen MR) is 243 cm³/mol. The minimum Gasteiger partial charge on any atom is -0.507 e. The molecule has 3 fully saturated rings. The number of hydrogen-bond acceptors (Lipinski definition) is 13. The molecule has 0 bridgehead atoms. The fourth-order valence-corrected chi connectivity index (χ4v) is 10.2. The quantitative estimate of drug-likeness (QED) is 0.109. The Morgan fingerprint density at radius 1 is 0.922 bits per heavy atom. The largest absolute Gasteiger partial charge is 0.507 e. The molecule has 10 rings (SSSR count). The molecule has 328 valence electrons. The second-order valence-electron chi connectivity index (χ2n) is 17.7. The van der Waals surface area contributed by atoms with E-state index in [0.717, 1.165) is 65.1 Å². The highest BCUT2D eigenvalue weighted by Gasteiger charge is 2.44. The van der Waals surface area contributed by atoms with Gasteiger partial charge in [-0.2, -0.15) is 0 Å². The van der Waals surface area contributed by atoms with E-state index in [2.05, 4.69) is 46.2 Å². The van der Waals surface area contributed by atoms with Crippen molar-refractivity contribution in [3.8, 4) is 38.8 Å². The summed E-state index contributed by atoms with van der Waals surface area (Å²) in [5, 5.41) is 37.8. The summed E-state index contributed by atoms with van der Waals surface area (Å²) in [6.45, 7) is 9.28. The van der Waals surface area contributed by atoms with Crippen molar-refractivity contribution in [2.45, 2.75) is 89.4 Å². The normalized spacial score (nSPS) is 19.8. The molecule has 2 amide bonds. The number of fused-ring (bicyclic) bond motifs is 1. The molecule has 3 aliphatic rings. The van der Waals surface area contributed by atoms with Gasteiger partial charge >= 0.3 is 0 Å². The van der Waals surface area contributed by atoms with Crippen molar-refractivity contribution in [3.63, 3.8) is 0 Å². The number of phenolic OH excluding ortho intramolecular Hbond substituents is 1. The second kappa shape index (κ2) is 16.9. The van der Waals surface area contributed by atoms with Crippen LogP contribution in [-0.2, 0) is 9.59 Å². The molecule has 0 spiro atoms. The third-order valence-corrected chi connectivity index (χ3v) is 13.9. The summed E-state index contributed by atoms with van der Waals surface area (Å²) in [5.41, 5.74) is 10.2. The first-order valence-corrected chi connectivity index (χ1v) is 22.9. The third-order valence-electron chi connectivity index (χ3n) is 12.9. The number of carbonyl (C=O) groups excluding carboxylic acids is 2. The third kappa shape index (κ3) is 7.89. The average molecular weight is 879 g/mol. The molecule has 5 atom stereocenters. The minimum atomic E-state index is -0.846. The van der Waals surface area contributed by atoms with E-state index in [9.17, 15) is 19.8 Å². The van der Waals surface area contributed by atoms with Gasteiger partial charge in [0.1, 0.15) is 34.7 Å². The fraction of sp³-hybridized carbons (Fsp3) is 0.375. The van der Waals surface area contributed by atoms with E-state index in [1.54, 1.807) is 41.8 Å². The molecule has 2 aromatic carbocycles. The number of thiazole rings is 1. The molecule has 5 aromatic heterocycles. The summed E-state index contributed by atoms with van der Waals surface area (Å²) in [7, 11) is 0. The lowest BCUT2D eigenvalue weighted by atomic mass is 9.91. The molecule has 64 heavy (non-hydrogen) atoms. The zero-order valence-corrected chi connectivity index (χ0v) is 36.9. The van der Waals surface area contributed by atoms with Crippen LogP contribution in [0, 0.1) is 12.8 Å². The monoisotopic (exact) mass is 878 g/mol. The summed E-state index contributed by atoms with van der Waals surface area (Å²) in [6.07, 6.45) is 4.14. The number of carbonyl (C=O) groups is 2. The Bertz CT molecular complexity index is 2850. The van der Waals surface area contributed by atoms with Gasteiger partial charge in [-0.15, -0.1) is 21.5 Å². The van der Waals surface area contributed by atoms with Crippen LogP contribution in [0.1, 0.15) is 93.1 Å². The zero-order valence-electron chi connectivity index (χ0n) is 36.1. The number of aromatic nitrogens is 7. The highest BCUT2D eigenvalue weighted by molar-refractivity contribution is 7.13. The lowest BCUT2D eigenvalue weighted by Crippen LogP contribution is -2.48. The second-order valence-corrected chi connectivity index (χ2v) is 18.6. The van der Waals surface area contributed by atoms with Gasteiger partial charge in [0.2, 0.25) is 17.8 Å². The number of hydrogen-bond donors (Lipinski definition) is 3. The van der Waals surface area contributed by atoms with Crippen molar-refractivity contribution in [2.24, 2.45) is 5.92 Å². The molecule has 2 saturated heterocycles.